The summed E-state index contributed by atoms with van der Waals surface area (Å²) < 4.78 is 20.4. The van der Waals surface area contributed by atoms with Crippen LogP contribution in [0.25, 0.3) is 6.08 Å². The summed E-state index contributed by atoms with van der Waals surface area (Å²) in [5.74, 6) is 0. The van der Waals surface area contributed by atoms with Crippen molar-refractivity contribution in [2.24, 2.45) is 5.73 Å². The number of benzene rings is 1. The average Bonchev–Trinajstić information content (AvgIpc) is 2.67. The molecule has 0 unspecified atom stereocenters. The van der Waals surface area contributed by atoms with Crippen molar-refractivity contribution in [2.75, 3.05) is 54.1 Å². The van der Waals surface area contributed by atoms with Crippen LogP contribution in [0.5, 0.6) is 0 Å². The van der Waals surface area contributed by atoms with Gasteiger partial charge in [-0.05, 0) is 12.0 Å². The van der Waals surface area contributed by atoms with Crippen LogP contribution in [0.3, 0.4) is 0 Å². The maximum atomic E-state index is 5.70. The lowest BCUT2D eigenvalue weighted by atomic mass is 10.2. The summed E-state index contributed by atoms with van der Waals surface area (Å²) in [7, 11) is 0.253. The maximum absolute atomic E-state index is 5.70. The fourth-order valence-corrected chi connectivity index (χ4v) is 3.52. The van der Waals surface area contributed by atoms with Crippen LogP contribution in [0.1, 0.15) is 12.0 Å². The Bertz CT molecular complexity index is 490. The SMILES string of the molecule is COO[Si](OCCCN(CC=Cc1ccccc1)CCN)(OOC)OOC. The topological polar surface area (TPSA) is 93.9 Å². The first kappa shape index (κ1) is 23.9. The summed E-state index contributed by atoms with van der Waals surface area (Å²) in [6.45, 7) is 3.20. The van der Waals surface area contributed by atoms with Crippen molar-refractivity contribution in [3.05, 3.63) is 42.0 Å². The van der Waals surface area contributed by atoms with Gasteiger partial charge in [-0.3, -0.25) is 4.90 Å². The van der Waals surface area contributed by atoms with E-state index >= 15 is 0 Å². The molecular weight excluding hydrogens is 372 g/mol. The smallest absolute Gasteiger partial charge is 0.347 e. The third-order valence-electron chi connectivity index (χ3n) is 3.37. The van der Waals surface area contributed by atoms with Crippen LogP contribution in [0.15, 0.2) is 36.4 Å². The fourth-order valence-electron chi connectivity index (χ4n) is 2.28. The molecule has 1 rings (SSSR count). The van der Waals surface area contributed by atoms with E-state index in [1.807, 2.05) is 18.2 Å². The van der Waals surface area contributed by atoms with E-state index in [1.54, 1.807) is 0 Å². The normalized spacial score (nSPS) is 12.3. The van der Waals surface area contributed by atoms with Gasteiger partial charge in [0.05, 0.1) is 21.3 Å². The molecule has 154 valence electrons. The Labute approximate surface area is 161 Å². The monoisotopic (exact) mass is 402 g/mol. The molecule has 27 heavy (non-hydrogen) atoms. The van der Waals surface area contributed by atoms with Crippen LogP contribution in [-0.4, -0.2) is 68.1 Å². The van der Waals surface area contributed by atoms with E-state index in [0.717, 1.165) is 25.2 Å². The van der Waals surface area contributed by atoms with Crippen molar-refractivity contribution in [1.82, 2.24) is 4.90 Å². The van der Waals surface area contributed by atoms with Gasteiger partial charge in [0.15, 0.2) is 0 Å². The molecule has 0 aromatic heterocycles. The first-order chi connectivity index (χ1) is 13.2. The van der Waals surface area contributed by atoms with E-state index in [4.69, 9.17) is 23.9 Å². The Morgan fingerprint density at radius 1 is 0.963 bits per heavy atom. The van der Waals surface area contributed by atoms with Gasteiger partial charge in [-0.15, -0.1) is 0 Å². The summed E-state index contributed by atoms with van der Waals surface area (Å²) in [5, 5.41) is 0. The first-order valence-corrected chi connectivity index (χ1v) is 10.3. The predicted molar refractivity (Wildman–Crippen MR) is 102 cm³/mol. The molecule has 0 aliphatic carbocycles. The summed E-state index contributed by atoms with van der Waals surface area (Å²) >= 11 is 0. The van der Waals surface area contributed by atoms with Gasteiger partial charge in [-0.25, -0.2) is 14.7 Å². The molecule has 0 fully saturated rings. The van der Waals surface area contributed by atoms with Crippen LogP contribution in [0, 0.1) is 0 Å². The molecule has 0 bridgehead atoms. The van der Waals surface area contributed by atoms with Gasteiger partial charge in [-0.1, -0.05) is 42.5 Å². The molecule has 0 aliphatic heterocycles. The van der Waals surface area contributed by atoms with Gasteiger partial charge in [0.2, 0.25) is 0 Å². The van der Waals surface area contributed by atoms with Crippen LogP contribution < -0.4 is 5.73 Å². The molecule has 0 aliphatic rings. The Morgan fingerprint density at radius 3 is 2.15 bits per heavy atom. The van der Waals surface area contributed by atoms with E-state index in [0.29, 0.717) is 19.6 Å². The molecule has 0 saturated heterocycles. The van der Waals surface area contributed by atoms with Crippen molar-refractivity contribution in [3.63, 3.8) is 0 Å². The summed E-state index contributed by atoms with van der Waals surface area (Å²) in [5.41, 5.74) is 6.87. The second-order valence-electron chi connectivity index (χ2n) is 5.35. The molecule has 1 aromatic carbocycles. The second-order valence-corrected chi connectivity index (χ2v) is 7.14. The highest BCUT2D eigenvalue weighted by atomic mass is 28.4. The zero-order chi connectivity index (χ0) is 19.8. The number of nitrogens with zero attached hydrogens (tertiary/aromatic N) is 1. The zero-order valence-corrected chi connectivity index (χ0v) is 17.2. The van der Waals surface area contributed by atoms with Crippen LogP contribution >= 0.6 is 0 Å². The number of rotatable bonds is 16. The third-order valence-corrected chi connectivity index (χ3v) is 5.04. The summed E-state index contributed by atoms with van der Waals surface area (Å²) in [6.07, 6.45) is 4.89. The quantitative estimate of drug-likeness (QED) is 0.191. The van der Waals surface area contributed by atoms with Crippen molar-refractivity contribution < 1.29 is 32.8 Å². The first-order valence-electron chi connectivity index (χ1n) is 8.63. The second kappa shape index (κ2) is 14.8. The van der Waals surface area contributed by atoms with Crippen LogP contribution in [0.2, 0.25) is 0 Å². The van der Waals surface area contributed by atoms with E-state index in [1.165, 1.54) is 21.3 Å². The van der Waals surface area contributed by atoms with Gasteiger partial charge >= 0.3 is 9.05 Å². The summed E-state index contributed by atoms with van der Waals surface area (Å²) in [6, 6.07) is 10.1. The third kappa shape index (κ3) is 10.1. The zero-order valence-electron chi connectivity index (χ0n) is 16.2. The van der Waals surface area contributed by atoms with Crippen molar-refractivity contribution in [3.8, 4) is 0 Å². The minimum atomic E-state index is -3.68. The number of hydrogen-bond acceptors (Lipinski definition) is 9. The Hall–Kier alpha value is -1.18. The molecule has 10 heteroatoms. The lowest BCUT2D eigenvalue weighted by Crippen LogP contribution is -2.49. The Morgan fingerprint density at radius 2 is 1.59 bits per heavy atom. The maximum Gasteiger partial charge on any atom is 0.764 e. The molecule has 1 aromatic rings. The molecule has 0 atom stereocenters. The summed E-state index contributed by atoms with van der Waals surface area (Å²) in [4.78, 5) is 16.1. The van der Waals surface area contributed by atoms with E-state index in [-0.39, 0.29) is 0 Å². The van der Waals surface area contributed by atoms with Gasteiger partial charge in [-0.2, -0.15) is 13.7 Å². The minimum absolute atomic E-state index is 0.297. The molecule has 0 heterocycles. The molecular formula is C17H30N2O7Si. The van der Waals surface area contributed by atoms with Crippen molar-refractivity contribution in [2.45, 2.75) is 6.42 Å². The highest BCUT2D eigenvalue weighted by molar-refractivity contribution is 6.52. The average molecular weight is 403 g/mol. The lowest BCUT2D eigenvalue weighted by Gasteiger charge is -2.24. The van der Waals surface area contributed by atoms with Gasteiger partial charge in [0.25, 0.3) is 0 Å². The van der Waals surface area contributed by atoms with Crippen LogP contribution in [-0.2, 0) is 32.8 Å². The highest BCUT2D eigenvalue weighted by Crippen LogP contribution is 2.13. The van der Waals surface area contributed by atoms with Crippen LogP contribution in [0.4, 0.5) is 0 Å². The van der Waals surface area contributed by atoms with E-state index in [2.05, 4.69) is 43.8 Å². The fraction of sp³-hybridized carbons (Fsp3) is 0.529. The van der Waals surface area contributed by atoms with E-state index < -0.39 is 9.05 Å². The molecule has 0 amide bonds. The molecule has 2 N–H and O–H groups in total. The standard InChI is InChI=1S/C17H30N2O7Si/c1-20-24-27(25-21-2,26-22-3)23-16-8-14-19(15-12-18)13-7-11-17-9-5-4-6-10-17/h4-7,9-11H,8,12-16,18H2,1-3H3. The Kier molecular flexibility index (Phi) is 13.1. The molecule has 0 saturated carbocycles. The molecule has 9 nitrogen and oxygen atoms in total. The van der Waals surface area contributed by atoms with Crippen molar-refractivity contribution >= 4 is 15.1 Å². The van der Waals surface area contributed by atoms with Gasteiger partial charge in [0.1, 0.15) is 0 Å². The van der Waals surface area contributed by atoms with Gasteiger partial charge < -0.3 is 10.2 Å². The Balaban J connectivity index is 2.44. The largest absolute Gasteiger partial charge is 0.764 e. The molecule has 0 spiro atoms. The molecule has 0 radical (unpaired) electrons. The predicted octanol–water partition coefficient (Wildman–Crippen LogP) is 1.54. The van der Waals surface area contributed by atoms with E-state index in [9.17, 15) is 0 Å². The number of hydrogen-bond donors (Lipinski definition) is 1. The minimum Gasteiger partial charge on any atom is -0.347 e. The number of nitrogens with two attached hydrogens (primary N) is 1. The van der Waals surface area contributed by atoms with Gasteiger partial charge in [0, 0.05) is 32.8 Å². The highest BCUT2D eigenvalue weighted by Gasteiger charge is 2.51. The van der Waals surface area contributed by atoms with Crippen molar-refractivity contribution in [1.29, 1.82) is 0 Å². The lowest BCUT2D eigenvalue weighted by molar-refractivity contribution is -0.370.